The van der Waals surface area contributed by atoms with Crippen LogP contribution in [0.5, 0.6) is 0 Å². The fourth-order valence-corrected chi connectivity index (χ4v) is 2.97. The Kier molecular flexibility index (Phi) is 6.95. The quantitative estimate of drug-likeness (QED) is 0.280. The summed E-state index contributed by atoms with van der Waals surface area (Å²) in [7, 11) is 0. The lowest BCUT2D eigenvalue weighted by Crippen LogP contribution is -2.32. The number of azide groups is 1. The summed E-state index contributed by atoms with van der Waals surface area (Å²) in [6.45, 7) is -0.183. The summed E-state index contributed by atoms with van der Waals surface area (Å²) < 4.78 is 16.3. The lowest BCUT2D eigenvalue weighted by atomic mass is 10.1. The zero-order chi connectivity index (χ0) is 20.8. The number of hydrogen-bond donors (Lipinski definition) is 0. The first-order valence-electron chi connectivity index (χ1n) is 8.55. The number of esters is 2. The summed E-state index contributed by atoms with van der Waals surface area (Å²) in [6.07, 6.45) is -2.22. The molecule has 0 spiro atoms. The molecule has 150 valence electrons. The molecule has 10 heteroatoms. The average Bonchev–Trinajstić information content (AvgIpc) is 3.08. The fourth-order valence-electron chi connectivity index (χ4n) is 2.72. The molecule has 3 atom stereocenters. The van der Waals surface area contributed by atoms with E-state index in [2.05, 4.69) is 10.0 Å². The van der Waals surface area contributed by atoms with Crippen molar-refractivity contribution in [2.24, 2.45) is 5.11 Å². The van der Waals surface area contributed by atoms with Gasteiger partial charge in [0.2, 0.25) is 0 Å². The second-order valence-corrected chi connectivity index (χ2v) is 7.00. The molecule has 29 heavy (non-hydrogen) atoms. The van der Waals surface area contributed by atoms with Crippen LogP contribution in [0.15, 0.2) is 53.6 Å². The van der Waals surface area contributed by atoms with Gasteiger partial charge >= 0.3 is 11.9 Å². The van der Waals surface area contributed by atoms with Crippen LogP contribution >= 0.6 is 23.2 Å². The van der Waals surface area contributed by atoms with E-state index >= 15 is 0 Å². The Morgan fingerprint density at radius 2 is 1.59 bits per heavy atom. The first kappa shape index (κ1) is 21.0. The molecule has 0 aromatic heterocycles. The van der Waals surface area contributed by atoms with Gasteiger partial charge in [0.1, 0.15) is 25.0 Å². The van der Waals surface area contributed by atoms with Crippen LogP contribution in [0.25, 0.3) is 10.4 Å². The highest BCUT2D eigenvalue weighted by atomic mass is 35.5. The third-order valence-electron chi connectivity index (χ3n) is 4.16. The van der Waals surface area contributed by atoms with E-state index in [1.807, 2.05) is 0 Å². The Hall–Kier alpha value is -2.77. The van der Waals surface area contributed by atoms with Crippen LogP contribution in [0.3, 0.4) is 0 Å². The third-order valence-corrected chi connectivity index (χ3v) is 4.66. The minimum atomic E-state index is -0.831. The Morgan fingerprint density at radius 1 is 1.03 bits per heavy atom. The Morgan fingerprint density at radius 3 is 2.14 bits per heavy atom. The molecule has 2 aromatic rings. The lowest BCUT2D eigenvalue weighted by Gasteiger charge is -2.19. The van der Waals surface area contributed by atoms with E-state index in [0.29, 0.717) is 21.2 Å². The first-order valence-corrected chi connectivity index (χ1v) is 9.31. The van der Waals surface area contributed by atoms with E-state index in [0.717, 1.165) is 0 Å². The van der Waals surface area contributed by atoms with Crippen LogP contribution in [0.2, 0.25) is 10.0 Å². The number of carbonyl (C=O) groups is 2. The molecule has 0 radical (unpaired) electrons. The van der Waals surface area contributed by atoms with E-state index in [-0.39, 0.29) is 13.0 Å². The van der Waals surface area contributed by atoms with Crippen molar-refractivity contribution in [1.29, 1.82) is 0 Å². The van der Waals surface area contributed by atoms with Crippen LogP contribution in [-0.4, -0.2) is 37.0 Å². The van der Waals surface area contributed by atoms with Crippen molar-refractivity contribution in [2.45, 2.75) is 24.9 Å². The average molecular weight is 436 g/mol. The number of nitrogens with zero attached hydrogens (tertiary/aromatic N) is 3. The molecule has 0 amide bonds. The van der Waals surface area contributed by atoms with Crippen LogP contribution in [0, 0.1) is 0 Å². The highest BCUT2D eigenvalue weighted by Crippen LogP contribution is 2.26. The molecule has 3 rings (SSSR count). The molecule has 0 unspecified atom stereocenters. The van der Waals surface area contributed by atoms with Crippen molar-refractivity contribution in [2.75, 3.05) is 6.61 Å². The molecule has 1 saturated heterocycles. The van der Waals surface area contributed by atoms with Gasteiger partial charge in [0.05, 0.1) is 11.1 Å². The van der Waals surface area contributed by atoms with Crippen molar-refractivity contribution in [3.8, 4) is 0 Å². The van der Waals surface area contributed by atoms with Gasteiger partial charge in [0.15, 0.2) is 0 Å². The second-order valence-electron chi connectivity index (χ2n) is 6.13. The molecule has 8 nitrogen and oxygen atoms in total. The van der Waals surface area contributed by atoms with Crippen LogP contribution in [0.4, 0.5) is 0 Å². The van der Waals surface area contributed by atoms with Crippen molar-refractivity contribution in [1.82, 2.24) is 0 Å². The molecule has 0 bridgehead atoms. The van der Waals surface area contributed by atoms with Crippen molar-refractivity contribution in [3.05, 3.63) is 80.1 Å². The van der Waals surface area contributed by atoms with Gasteiger partial charge in [-0.15, -0.1) is 0 Å². The Labute approximate surface area is 175 Å². The molecule has 1 aliphatic heterocycles. The number of carbonyl (C=O) groups excluding carboxylic acids is 2. The monoisotopic (exact) mass is 435 g/mol. The molecule has 0 N–H and O–H groups in total. The highest BCUT2D eigenvalue weighted by molar-refractivity contribution is 6.30. The van der Waals surface area contributed by atoms with Crippen molar-refractivity contribution in [3.63, 3.8) is 0 Å². The van der Waals surface area contributed by atoms with E-state index in [1.165, 1.54) is 24.3 Å². The van der Waals surface area contributed by atoms with Crippen LogP contribution in [0.1, 0.15) is 27.1 Å². The Bertz CT molecular complexity index is 930. The zero-order valence-corrected chi connectivity index (χ0v) is 16.4. The normalized spacial score (nSPS) is 20.6. The maximum atomic E-state index is 12.4. The predicted octanol–water partition coefficient (Wildman–Crippen LogP) is 4.80. The Balaban J connectivity index is 1.64. The smallest absolute Gasteiger partial charge is 0.338 e. The molecular formula is C19H15Cl2N3O5. The predicted molar refractivity (Wildman–Crippen MR) is 105 cm³/mol. The van der Waals surface area contributed by atoms with Gasteiger partial charge in [-0.25, -0.2) is 9.59 Å². The molecule has 1 heterocycles. The van der Waals surface area contributed by atoms with E-state index in [1.54, 1.807) is 24.3 Å². The van der Waals surface area contributed by atoms with Crippen LogP contribution < -0.4 is 0 Å². The molecule has 1 fully saturated rings. The summed E-state index contributed by atoms with van der Waals surface area (Å²) in [5, 5.41) is 4.48. The molecule has 0 aliphatic carbocycles. The largest absolute Gasteiger partial charge is 0.459 e. The summed E-state index contributed by atoms with van der Waals surface area (Å²) >= 11 is 11.6. The molecule has 0 saturated carbocycles. The number of halogens is 2. The SMILES string of the molecule is [N-]=[N+]=N[C@H]1C[C@H](OC(=O)c2ccc(Cl)cc2)[C@@H](COC(=O)c2ccc(Cl)cc2)O1. The van der Waals surface area contributed by atoms with E-state index in [4.69, 9.17) is 42.9 Å². The van der Waals surface area contributed by atoms with Gasteiger partial charge < -0.3 is 14.2 Å². The summed E-state index contributed by atoms with van der Waals surface area (Å²) in [6, 6.07) is 12.4. The van der Waals surface area contributed by atoms with E-state index in [9.17, 15) is 9.59 Å². The van der Waals surface area contributed by atoms with Gasteiger partial charge in [-0.2, -0.15) is 0 Å². The van der Waals surface area contributed by atoms with Gasteiger partial charge in [-0.1, -0.05) is 28.3 Å². The maximum absolute atomic E-state index is 12.4. The number of hydrogen-bond acceptors (Lipinski definition) is 6. The number of benzene rings is 2. The maximum Gasteiger partial charge on any atom is 0.338 e. The number of ether oxygens (including phenoxy) is 3. The van der Waals surface area contributed by atoms with E-state index < -0.39 is 30.4 Å². The topological polar surface area (TPSA) is 111 Å². The van der Waals surface area contributed by atoms with Crippen molar-refractivity contribution >= 4 is 35.1 Å². The van der Waals surface area contributed by atoms with Gasteiger partial charge in [-0.3, -0.25) is 0 Å². The molecular weight excluding hydrogens is 421 g/mol. The minimum absolute atomic E-state index is 0.145. The molecule has 1 aliphatic rings. The summed E-state index contributed by atoms with van der Waals surface area (Å²) in [5.74, 6) is -1.17. The minimum Gasteiger partial charge on any atom is -0.459 e. The van der Waals surface area contributed by atoms with Gasteiger partial charge in [0.25, 0.3) is 0 Å². The first-order chi connectivity index (χ1) is 14.0. The second kappa shape index (κ2) is 9.62. The zero-order valence-electron chi connectivity index (χ0n) is 14.9. The fraction of sp³-hybridized carbons (Fsp3) is 0.263. The molecule has 2 aromatic carbocycles. The third kappa shape index (κ3) is 5.62. The standard InChI is InChI=1S/C19H15Cl2N3O5/c20-13-5-1-11(2-6-13)18(25)27-10-16-15(9-17(28-16)23-24-22)29-19(26)12-3-7-14(21)8-4-12/h1-8,15-17H,9-10H2/t15-,16+,17+/m0/s1. The van der Waals surface area contributed by atoms with Crippen molar-refractivity contribution < 1.29 is 23.8 Å². The lowest BCUT2D eigenvalue weighted by molar-refractivity contribution is -0.0410. The van der Waals surface area contributed by atoms with Gasteiger partial charge in [0, 0.05) is 21.4 Å². The van der Waals surface area contributed by atoms with Gasteiger partial charge in [-0.05, 0) is 54.1 Å². The van der Waals surface area contributed by atoms with Crippen LogP contribution in [-0.2, 0) is 14.2 Å². The summed E-state index contributed by atoms with van der Waals surface area (Å²) in [5.41, 5.74) is 9.25. The number of rotatable bonds is 6. The summed E-state index contributed by atoms with van der Waals surface area (Å²) in [4.78, 5) is 27.3. The highest BCUT2D eigenvalue weighted by Gasteiger charge is 2.38.